The van der Waals surface area contributed by atoms with Gasteiger partial charge in [0.2, 0.25) is 0 Å². The van der Waals surface area contributed by atoms with E-state index in [1.807, 2.05) is 19.1 Å². The lowest BCUT2D eigenvalue weighted by atomic mass is 10.2. The lowest BCUT2D eigenvalue weighted by molar-refractivity contribution is 0.252. The smallest absolute Gasteiger partial charge is 0.339 e. The van der Waals surface area contributed by atoms with Crippen LogP contribution in [0, 0.1) is 6.92 Å². The van der Waals surface area contributed by atoms with Gasteiger partial charge in [-0.15, -0.1) is 0 Å². The molecule has 0 saturated heterocycles. The fraction of sp³-hybridized carbons (Fsp3) is 0.176. The SMILES string of the molecule is COc1cc(Br)c(/C=N/NC(=O)Nc2ccc(Br)c(C)c2)cc1OC. The first-order valence-electron chi connectivity index (χ1n) is 7.22. The number of hydrazone groups is 1. The van der Waals surface area contributed by atoms with Crippen molar-refractivity contribution in [2.24, 2.45) is 5.10 Å². The molecule has 0 saturated carbocycles. The number of benzene rings is 2. The third-order valence-corrected chi connectivity index (χ3v) is 4.86. The summed E-state index contributed by atoms with van der Waals surface area (Å²) < 4.78 is 12.2. The molecule has 2 aromatic carbocycles. The van der Waals surface area contributed by atoms with Crippen LogP contribution in [0.2, 0.25) is 0 Å². The Hall–Kier alpha value is -2.06. The van der Waals surface area contributed by atoms with Gasteiger partial charge >= 0.3 is 6.03 Å². The number of halogens is 2. The summed E-state index contributed by atoms with van der Waals surface area (Å²) in [6, 6.07) is 8.61. The van der Waals surface area contributed by atoms with E-state index in [4.69, 9.17) is 9.47 Å². The van der Waals surface area contributed by atoms with E-state index in [1.165, 1.54) is 6.21 Å². The second kappa shape index (κ2) is 8.87. The van der Waals surface area contributed by atoms with Gasteiger partial charge in [0.05, 0.1) is 20.4 Å². The first-order chi connectivity index (χ1) is 11.9. The summed E-state index contributed by atoms with van der Waals surface area (Å²) in [6.45, 7) is 1.94. The number of methoxy groups -OCH3 is 2. The molecule has 25 heavy (non-hydrogen) atoms. The van der Waals surface area contributed by atoms with Crippen LogP contribution in [-0.2, 0) is 0 Å². The van der Waals surface area contributed by atoms with Crippen molar-refractivity contribution in [2.45, 2.75) is 6.92 Å². The summed E-state index contributed by atoms with van der Waals surface area (Å²) >= 11 is 6.84. The minimum Gasteiger partial charge on any atom is -0.493 e. The highest BCUT2D eigenvalue weighted by Gasteiger charge is 2.08. The molecule has 2 N–H and O–H groups in total. The Kier molecular flexibility index (Phi) is 6.83. The Morgan fingerprint density at radius 3 is 2.40 bits per heavy atom. The predicted molar refractivity (Wildman–Crippen MR) is 106 cm³/mol. The number of anilines is 1. The maximum absolute atomic E-state index is 11.9. The van der Waals surface area contributed by atoms with Gasteiger partial charge in [0, 0.05) is 20.2 Å². The molecule has 0 heterocycles. The van der Waals surface area contributed by atoms with E-state index in [0.29, 0.717) is 17.2 Å². The Labute approximate surface area is 162 Å². The molecule has 0 radical (unpaired) electrons. The van der Waals surface area contributed by atoms with Crippen LogP contribution in [0.25, 0.3) is 0 Å². The van der Waals surface area contributed by atoms with Gasteiger partial charge in [-0.3, -0.25) is 0 Å². The zero-order valence-electron chi connectivity index (χ0n) is 13.9. The van der Waals surface area contributed by atoms with Crippen LogP contribution in [0.5, 0.6) is 11.5 Å². The molecule has 0 aliphatic rings. The summed E-state index contributed by atoms with van der Waals surface area (Å²) in [5.41, 5.74) is 4.86. The maximum atomic E-state index is 11.9. The number of hydrogen-bond acceptors (Lipinski definition) is 4. The molecule has 0 aliphatic carbocycles. The lowest BCUT2D eigenvalue weighted by Gasteiger charge is -2.09. The normalized spacial score (nSPS) is 10.6. The summed E-state index contributed by atoms with van der Waals surface area (Å²) in [4.78, 5) is 11.9. The van der Waals surface area contributed by atoms with Gasteiger partial charge in [0.1, 0.15) is 0 Å². The average molecular weight is 471 g/mol. The van der Waals surface area contributed by atoms with E-state index >= 15 is 0 Å². The number of nitrogens with one attached hydrogen (secondary N) is 2. The van der Waals surface area contributed by atoms with Gasteiger partial charge in [-0.1, -0.05) is 15.9 Å². The zero-order valence-corrected chi connectivity index (χ0v) is 17.1. The highest BCUT2D eigenvalue weighted by Crippen LogP contribution is 2.32. The monoisotopic (exact) mass is 469 g/mol. The van der Waals surface area contributed by atoms with E-state index < -0.39 is 6.03 Å². The molecule has 0 aliphatic heterocycles. The molecule has 2 aromatic rings. The minimum atomic E-state index is -0.436. The van der Waals surface area contributed by atoms with E-state index in [0.717, 1.165) is 20.1 Å². The summed E-state index contributed by atoms with van der Waals surface area (Å²) in [5.74, 6) is 1.17. The third kappa shape index (κ3) is 5.20. The Morgan fingerprint density at radius 2 is 1.76 bits per heavy atom. The van der Waals surface area contributed by atoms with Gasteiger partial charge in [0.25, 0.3) is 0 Å². The molecule has 0 aromatic heterocycles. The number of ether oxygens (including phenoxy) is 2. The largest absolute Gasteiger partial charge is 0.493 e. The number of carbonyl (C=O) groups is 1. The van der Waals surface area contributed by atoms with E-state index in [2.05, 4.69) is 47.7 Å². The zero-order chi connectivity index (χ0) is 18.4. The van der Waals surface area contributed by atoms with Gasteiger partial charge in [-0.25, -0.2) is 10.2 Å². The fourth-order valence-electron chi connectivity index (χ4n) is 2.01. The summed E-state index contributed by atoms with van der Waals surface area (Å²) in [5, 5.41) is 6.66. The number of nitrogens with zero attached hydrogens (tertiary/aromatic N) is 1. The molecule has 132 valence electrons. The molecule has 0 unspecified atom stereocenters. The van der Waals surface area contributed by atoms with E-state index in [-0.39, 0.29) is 0 Å². The highest BCUT2D eigenvalue weighted by atomic mass is 79.9. The standard InChI is InChI=1S/C17H17Br2N3O3/c1-10-6-12(4-5-13(10)18)21-17(23)22-20-9-11-7-15(24-2)16(25-3)8-14(11)19/h4-9H,1-3H3,(H2,21,22,23)/b20-9+. The maximum Gasteiger partial charge on any atom is 0.339 e. The predicted octanol–water partition coefficient (Wildman–Crippen LogP) is 4.69. The van der Waals surface area contributed by atoms with Gasteiger partial charge in [-0.05, 0) is 58.7 Å². The number of urea groups is 1. The van der Waals surface area contributed by atoms with Crippen LogP contribution in [0.15, 0.2) is 44.4 Å². The molecule has 0 atom stereocenters. The second-order valence-corrected chi connectivity index (χ2v) is 6.73. The van der Waals surface area contributed by atoms with Crippen LogP contribution in [0.1, 0.15) is 11.1 Å². The van der Waals surface area contributed by atoms with Crippen molar-refractivity contribution < 1.29 is 14.3 Å². The van der Waals surface area contributed by atoms with Crippen LogP contribution >= 0.6 is 31.9 Å². The Morgan fingerprint density at radius 1 is 1.08 bits per heavy atom. The van der Waals surface area contributed by atoms with Crippen LogP contribution in [0.3, 0.4) is 0 Å². The molecule has 0 spiro atoms. The van der Waals surface area contributed by atoms with Crippen molar-refractivity contribution in [3.8, 4) is 11.5 Å². The lowest BCUT2D eigenvalue weighted by Crippen LogP contribution is -2.24. The summed E-state index contributed by atoms with van der Waals surface area (Å²) in [6.07, 6.45) is 1.51. The average Bonchev–Trinajstić information content (AvgIpc) is 2.59. The van der Waals surface area contributed by atoms with Crippen molar-refractivity contribution in [1.29, 1.82) is 0 Å². The van der Waals surface area contributed by atoms with Crippen LogP contribution in [-0.4, -0.2) is 26.5 Å². The quantitative estimate of drug-likeness (QED) is 0.491. The number of aryl methyl sites for hydroxylation is 1. The second-order valence-electron chi connectivity index (χ2n) is 5.02. The van der Waals surface area contributed by atoms with Crippen LogP contribution in [0.4, 0.5) is 10.5 Å². The first kappa shape index (κ1) is 19.3. The molecular formula is C17H17Br2N3O3. The molecule has 2 rings (SSSR count). The first-order valence-corrected chi connectivity index (χ1v) is 8.81. The molecule has 8 heteroatoms. The molecule has 2 amide bonds. The van der Waals surface area contributed by atoms with Crippen molar-refractivity contribution in [1.82, 2.24) is 5.43 Å². The Bertz CT molecular complexity index is 810. The van der Waals surface area contributed by atoms with Crippen molar-refractivity contribution in [3.63, 3.8) is 0 Å². The van der Waals surface area contributed by atoms with Gasteiger partial charge in [0.15, 0.2) is 11.5 Å². The van der Waals surface area contributed by atoms with Crippen molar-refractivity contribution in [3.05, 3.63) is 50.4 Å². The topological polar surface area (TPSA) is 72.0 Å². The van der Waals surface area contributed by atoms with E-state index in [1.54, 1.807) is 32.4 Å². The minimum absolute atomic E-state index is 0.436. The van der Waals surface area contributed by atoms with E-state index in [9.17, 15) is 4.79 Å². The highest BCUT2D eigenvalue weighted by molar-refractivity contribution is 9.10. The summed E-state index contributed by atoms with van der Waals surface area (Å²) in [7, 11) is 3.12. The van der Waals surface area contributed by atoms with Gasteiger partial charge < -0.3 is 14.8 Å². The van der Waals surface area contributed by atoms with Crippen molar-refractivity contribution >= 4 is 49.8 Å². The molecule has 0 bridgehead atoms. The Balaban J connectivity index is 2.02. The number of carbonyl (C=O) groups excluding carboxylic acids is 1. The molecular weight excluding hydrogens is 454 g/mol. The molecule has 0 fully saturated rings. The van der Waals surface area contributed by atoms with Crippen LogP contribution < -0.4 is 20.2 Å². The molecule has 6 nitrogen and oxygen atoms in total. The van der Waals surface area contributed by atoms with Crippen molar-refractivity contribution in [2.75, 3.05) is 19.5 Å². The number of amides is 2. The third-order valence-electron chi connectivity index (χ3n) is 3.29. The van der Waals surface area contributed by atoms with Gasteiger partial charge in [-0.2, -0.15) is 5.10 Å². The number of rotatable bonds is 5. The fourth-order valence-corrected chi connectivity index (χ4v) is 2.68. The number of hydrogen-bond donors (Lipinski definition) is 2.